The highest BCUT2D eigenvalue weighted by Gasteiger charge is 2.08. The molecule has 0 aliphatic carbocycles. The molecule has 0 heterocycles. The monoisotopic (exact) mass is 229 g/mol. The summed E-state index contributed by atoms with van der Waals surface area (Å²) in [6.07, 6.45) is 0.818. The third kappa shape index (κ3) is 3.84. The normalized spacial score (nSPS) is 10.2. The van der Waals surface area contributed by atoms with E-state index in [2.05, 4.69) is 10.1 Å². The van der Waals surface area contributed by atoms with Gasteiger partial charge in [0.05, 0.1) is 0 Å². The van der Waals surface area contributed by atoms with Crippen LogP contribution in [0.2, 0.25) is 0 Å². The molecule has 1 N–H and O–H groups in total. The first-order valence-corrected chi connectivity index (χ1v) is 4.96. The summed E-state index contributed by atoms with van der Waals surface area (Å²) >= 11 is 0. The number of benzene rings is 1. The molecule has 1 amide bonds. The Morgan fingerprint density at radius 3 is 2.88 bits per heavy atom. The average molecular weight is 229 g/mol. The number of nitrogens with one attached hydrogen (secondary N) is 1. The Bertz CT molecular complexity index is 356. The minimum absolute atomic E-state index is 0.0147. The topological polar surface area (TPSA) is 38.3 Å². The quantitative estimate of drug-likeness (QED) is 0.842. The van der Waals surface area contributed by atoms with E-state index >= 15 is 0 Å². The second-order valence-electron chi connectivity index (χ2n) is 3.16. The summed E-state index contributed by atoms with van der Waals surface area (Å²) < 4.78 is 28.1. The Balaban J connectivity index is 2.69. The van der Waals surface area contributed by atoms with Gasteiger partial charge in [0.15, 0.2) is 0 Å². The number of hydrogen-bond donors (Lipinski definition) is 1. The van der Waals surface area contributed by atoms with Crippen molar-refractivity contribution in [2.24, 2.45) is 0 Å². The molecule has 16 heavy (non-hydrogen) atoms. The van der Waals surface area contributed by atoms with E-state index in [1.165, 1.54) is 18.2 Å². The molecule has 0 aliphatic heterocycles. The Morgan fingerprint density at radius 1 is 1.50 bits per heavy atom. The van der Waals surface area contributed by atoms with Crippen molar-refractivity contribution in [1.82, 2.24) is 5.32 Å². The van der Waals surface area contributed by atoms with Crippen LogP contribution in [0.15, 0.2) is 24.3 Å². The molecule has 5 heteroatoms. The van der Waals surface area contributed by atoms with Crippen molar-refractivity contribution in [1.29, 1.82) is 0 Å². The summed E-state index contributed by atoms with van der Waals surface area (Å²) in [5, 5.41) is 2.65. The lowest BCUT2D eigenvalue weighted by Crippen LogP contribution is -2.23. The Labute approximate surface area is 92.4 Å². The molecule has 0 saturated heterocycles. The fraction of sp³-hybridized carbons (Fsp3) is 0.364. The molecule has 88 valence electrons. The van der Waals surface area contributed by atoms with E-state index < -0.39 is 6.61 Å². The second-order valence-corrected chi connectivity index (χ2v) is 3.16. The highest BCUT2D eigenvalue weighted by molar-refractivity contribution is 5.94. The summed E-state index contributed by atoms with van der Waals surface area (Å²) in [6.45, 7) is -0.399. The van der Waals surface area contributed by atoms with Gasteiger partial charge in [-0.15, -0.1) is 0 Å². The molecule has 0 atom stereocenters. The van der Waals surface area contributed by atoms with Gasteiger partial charge in [0, 0.05) is 12.1 Å². The van der Waals surface area contributed by atoms with Gasteiger partial charge in [-0.25, -0.2) is 0 Å². The van der Waals surface area contributed by atoms with Gasteiger partial charge in [-0.05, 0) is 24.6 Å². The molecule has 0 aliphatic rings. The van der Waals surface area contributed by atoms with E-state index in [1.54, 1.807) is 6.07 Å². The molecule has 0 unspecified atom stereocenters. The van der Waals surface area contributed by atoms with E-state index in [0.29, 0.717) is 12.1 Å². The van der Waals surface area contributed by atoms with Crippen LogP contribution >= 0.6 is 0 Å². The maximum atomic E-state index is 11.9. The zero-order chi connectivity index (χ0) is 12.0. The number of carbonyl (C=O) groups is 1. The van der Waals surface area contributed by atoms with Crippen molar-refractivity contribution in [2.45, 2.75) is 20.0 Å². The van der Waals surface area contributed by atoms with Gasteiger partial charge in [-0.2, -0.15) is 8.78 Å². The molecular weight excluding hydrogens is 216 g/mol. The molecule has 1 aromatic carbocycles. The van der Waals surface area contributed by atoms with E-state index in [9.17, 15) is 13.6 Å². The number of amides is 1. The van der Waals surface area contributed by atoms with Crippen LogP contribution < -0.4 is 10.1 Å². The third-order valence-electron chi connectivity index (χ3n) is 1.86. The summed E-state index contributed by atoms with van der Waals surface area (Å²) in [6, 6.07) is 5.71. The zero-order valence-electron chi connectivity index (χ0n) is 8.87. The molecule has 0 aromatic heterocycles. The van der Waals surface area contributed by atoms with Crippen molar-refractivity contribution in [2.75, 3.05) is 6.54 Å². The minimum atomic E-state index is -2.88. The van der Waals surface area contributed by atoms with Gasteiger partial charge in [0.25, 0.3) is 5.91 Å². The Hall–Kier alpha value is -1.65. The van der Waals surface area contributed by atoms with Crippen LogP contribution in [0.25, 0.3) is 0 Å². The standard InChI is InChI=1S/C11H13F2NO2/c1-2-6-14-10(15)8-4-3-5-9(7-8)16-11(12)13/h3-5,7,11H,2,6H2,1H3,(H,14,15). The van der Waals surface area contributed by atoms with Gasteiger partial charge in [0.1, 0.15) is 5.75 Å². The second kappa shape index (κ2) is 6.05. The van der Waals surface area contributed by atoms with Crippen LogP contribution in [0.1, 0.15) is 23.7 Å². The fourth-order valence-electron chi connectivity index (χ4n) is 1.15. The molecule has 1 aromatic rings. The molecule has 0 spiro atoms. The first-order chi connectivity index (χ1) is 7.63. The van der Waals surface area contributed by atoms with Crippen LogP contribution in [-0.4, -0.2) is 19.1 Å². The molecular formula is C11H13F2NO2. The minimum Gasteiger partial charge on any atom is -0.435 e. The molecule has 0 bridgehead atoms. The first kappa shape index (κ1) is 12.4. The lowest BCUT2D eigenvalue weighted by Gasteiger charge is -2.07. The number of halogens is 2. The van der Waals surface area contributed by atoms with Crippen molar-refractivity contribution in [3.8, 4) is 5.75 Å². The van der Waals surface area contributed by atoms with Gasteiger partial charge in [-0.1, -0.05) is 13.0 Å². The van der Waals surface area contributed by atoms with Crippen molar-refractivity contribution in [3.63, 3.8) is 0 Å². The Morgan fingerprint density at radius 2 is 2.25 bits per heavy atom. The van der Waals surface area contributed by atoms with Crippen LogP contribution in [0, 0.1) is 0 Å². The predicted octanol–water partition coefficient (Wildman–Crippen LogP) is 2.43. The SMILES string of the molecule is CCCNC(=O)c1cccc(OC(F)F)c1. The molecule has 3 nitrogen and oxygen atoms in total. The maximum absolute atomic E-state index is 11.9. The van der Waals surface area contributed by atoms with Crippen molar-refractivity contribution in [3.05, 3.63) is 29.8 Å². The summed E-state index contributed by atoms with van der Waals surface area (Å²) in [4.78, 5) is 11.5. The number of alkyl halides is 2. The first-order valence-electron chi connectivity index (χ1n) is 4.96. The predicted molar refractivity (Wildman–Crippen MR) is 55.7 cm³/mol. The molecule has 0 saturated carbocycles. The van der Waals surface area contributed by atoms with Crippen LogP contribution in [0.5, 0.6) is 5.75 Å². The number of hydrogen-bond acceptors (Lipinski definition) is 2. The van der Waals surface area contributed by atoms with Gasteiger partial charge in [0.2, 0.25) is 0 Å². The fourth-order valence-corrected chi connectivity index (χ4v) is 1.15. The van der Waals surface area contributed by atoms with Crippen LogP contribution in [-0.2, 0) is 0 Å². The number of rotatable bonds is 5. The molecule has 0 fully saturated rings. The largest absolute Gasteiger partial charge is 0.435 e. The average Bonchev–Trinajstić information content (AvgIpc) is 2.25. The van der Waals surface area contributed by atoms with E-state index in [4.69, 9.17) is 0 Å². The lowest BCUT2D eigenvalue weighted by atomic mass is 10.2. The van der Waals surface area contributed by atoms with E-state index in [-0.39, 0.29) is 11.7 Å². The van der Waals surface area contributed by atoms with E-state index in [0.717, 1.165) is 6.42 Å². The summed E-state index contributed by atoms with van der Waals surface area (Å²) in [7, 11) is 0. The lowest BCUT2D eigenvalue weighted by molar-refractivity contribution is -0.0498. The van der Waals surface area contributed by atoms with Crippen LogP contribution in [0.3, 0.4) is 0 Å². The smallest absolute Gasteiger partial charge is 0.387 e. The number of ether oxygens (including phenoxy) is 1. The van der Waals surface area contributed by atoms with Gasteiger partial charge >= 0.3 is 6.61 Å². The van der Waals surface area contributed by atoms with Crippen molar-refractivity contribution >= 4 is 5.91 Å². The van der Waals surface area contributed by atoms with Gasteiger partial charge in [-0.3, -0.25) is 4.79 Å². The molecule has 0 radical (unpaired) electrons. The maximum Gasteiger partial charge on any atom is 0.387 e. The Kier molecular flexibility index (Phi) is 4.69. The number of carbonyl (C=O) groups excluding carboxylic acids is 1. The van der Waals surface area contributed by atoms with Gasteiger partial charge < -0.3 is 10.1 Å². The highest BCUT2D eigenvalue weighted by Crippen LogP contribution is 2.15. The highest BCUT2D eigenvalue weighted by atomic mass is 19.3. The zero-order valence-corrected chi connectivity index (χ0v) is 8.87. The van der Waals surface area contributed by atoms with E-state index in [1.807, 2.05) is 6.92 Å². The van der Waals surface area contributed by atoms with Crippen LogP contribution in [0.4, 0.5) is 8.78 Å². The summed E-state index contributed by atoms with van der Waals surface area (Å²) in [5.41, 5.74) is 0.312. The molecule has 1 rings (SSSR count). The van der Waals surface area contributed by atoms with Crippen molar-refractivity contribution < 1.29 is 18.3 Å². The third-order valence-corrected chi connectivity index (χ3v) is 1.86. The summed E-state index contributed by atoms with van der Waals surface area (Å²) in [5.74, 6) is -0.305.